The van der Waals surface area contributed by atoms with Gasteiger partial charge in [0.15, 0.2) is 0 Å². The molecule has 3 aliphatic heterocycles. The van der Waals surface area contributed by atoms with Crippen LogP contribution in [0.15, 0.2) is 53.3 Å². The van der Waals surface area contributed by atoms with E-state index in [0.29, 0.717) is 5.92 Å². The minimum atomic E-state index is -0.372. The molecule has 6 nitrogen and oxygen atoms in total. The van der Waals surface area contributed by atoms with E-state index in [9.17, 15) is 9.59 Å². The number of rotatable bonds is 3. The smallest absolute Gasteiger partial charge is 0.251 e. The van der Waals surface area contributed by atoms with Gasteiger partial charge < -0.3 is 10.2 Å². The lowest BCUT2D eigenvalue weighted by Gasteiger charge is -2.45. The Morgan fingerprint density at radius 2 is 1.76 bits per heavy atom. The van der Waals surface area contributed by atoms with E-state index in [0.717, 1.165) is 57.9 Å². The van der Waals surface area contributed by atoms with Crippen LogP contribution in [0.2, 0.25) is 0 Å². The molecular weight excluding hydrogens is 364 g/mol. The van der Waals surface area contributed by atoms with Crippen LogP contribution in [0.4, 0.5) is 0 Å². The van der Waals surface area contributed by atoms with Gasteiger partial charge in [-0.15, -0.1) is 0 Å². The molecule has 5 rings (SSSR count). The number of benzene rings is 1. The van der Waals surface area contributed by atoms with Gasteiger partial charge in [0.05, 0.1) is 0 Å². The van der Waals surface area contributed by atoms with Crippen LogP contribution in [0.3, 0.4) is 0 Å². The summed E-state index contributed by atoms with van der Waals surface area (Å²) in [5, 5.41) is 3.47. The molecule has 6 heteroatoms. The highest BCUT2D eigenvalue weighted by molar-refractivity contribution is 5.81. The quantitative estimate of drug-likeness (QED) is 0.859. The van der Waals surface area contributed by atoms with Gasteiger partial charge >= 0.3 is 0 Å². The van der Waals surface area contributed by atoms with E-state index in [1.54, 1.807) is 10.6 Å². The summed E-state index contributed by atoms with van der Waals surface area (Å²) in [4.78, 5) is 30.6. The molecule has 1 amide bonds. The Labute approximate surface area is 171 Å². The van der Waals surface area contributed by atoms with Gasteiger partial charge in [-0.2, -0.15) is 0 Å². The molecule has 3 atom stereocenters. The van der Waals surface area contributed by atoms with Gasteiger partial charge in [-0.25, -0.2) is 0 Å². The predicted octanol–water partition coefficient (Wildman–Crippen LogP) is 1.44. The minimum Gasteiger partial charge on any atom is -0.338 e. The average Bonchev–Trinajstić information content (AvgIpc) is 2.76. The second kappa shape index (κ2) is 7.76. The lowest BCUT2D eigenvalue weighted by molar-refractivity contribution is -0.139. The van der Waals surface area contributed by atoms with Gasteiger partial charge in [0.25, 0.3) is 5.56 Å². The molecule has 2 bridgehead atoms. The molecule has 2 fully saturated rings. The summed E-state index contributed by atoms with van der Waals surface area (Å²) in [6.45, 7) is 5.81. The highest BCUT2D eigenvalue weighted by Gasteiger charge is 2.43. The number of amides is 1. The summed E-state index contributed by atoms with van der Waals surface area (Å²) < 4.78 is 1.80. The molecule has 4 heterocycles. The fraction of sp³-hybridized carbons (Fsp3) is 0.478. The largest absolute Gasteiger partial charge is 0.338 e. The summed E-state index contributed by atoms with van der Waals surface area (Å²) in [6.07, 6.45) is 0.987. The highest BCUT2D eigenvalue weighted by atomic mass is 16.2. The second-order valence-corrected chi connectivity index (χ2v) is 8.54. The molecule has 29 heavy (non-hydrogen) atoms. The third-order valence-electron chi connectivity index (χ3n) is 6.73. The SMILES string of the molecule is O=C([C@H]1[C@@H]2CNC[C@@H](C2)c2cccc(=O)n21)N1CCN(Cc2ccccc2)CC1. The van der Waals surface area contributed by atoms with Crippen LogP contribution in [0, 0.1) is 5.92 Å². The summed E-state index contributed by atoms with van der Waals surface area (Å²) >= 11 is 0. The lowest BCUT2D eigenvalue weighted by atomic mass is 9.79. The third-order valence-corrected chi connectivity index (χ3v) is 6.73. The molecule has 2 aromatic rings. The van der Waals surface area contributed by atoms with Crippen LogP contribution in [0.25, 0.3) is 0 Å². The molecule has 0 saturated carbocycles. The fourth-order valence-electron chi connectivity index (χ4n) is 5.27. The Morgan fingerprint density at radius 3 is 2.55 bits per heavy atom. The summed E-state index contributed by atoms with van der Waals surface area (Å²) in [5.41, 5.74) is 2.28. The van der Waals surface area contributed by atoms with E-state index in [-0.39, 0.29) is 23.4 Å². The van der Waals surface area contributed by atoms with E-state index >= 15 is 0 Å². The molecule has 0 unspecified atom stereocenters. The topological polar surface area (TPSA) is 57.6 Å². The Balaban J connectivity index is 1.32. The van der Waals surface area contributed by atoms with Crippen LogP contribution >= 0.6 is 0 Å². The zero-order valence-corrected chi connectivity index (χ0v) is 16.7. The first-order valence-electron chi connectivity index (χ1n) is 10.7. The Morgan fingerprint density at radius 1 is 0.966 bits per heavy atom. The molecule has 0 spiro atoms. The third kappa shape index (κ3) is 3.51. The summed E-state index contributed by atoms with van der Waals surface area (Å²) in [6, 6.07) is 15.5. The van der Waals surface area contributed by atoms with Crippen molar-refractivity contribution in [2.45, 2.75) is 24.9 Å². The number of hydrogen-bond acceptors (Lipinski definition) is 4. The normalized spacial score (nSPS) is 26.8. The minimum absolute atomic E-state index is 0.0415. The van der Waals surface area contributed by atoms with Gasteiger partial charge in [0.2, 0.25) is 5.91 Å². The van der Waals surface area contributed by atoms with Crippen LogP contribution in [0.5, 0.6) is 0 Å². The molecule has 0 radical (unpaired) electrons. The summed E-state index contributed by atoms with van der Waals surface area (Å²) in [5.74, 6) is 0.636. The van der Waals surface area contributed by atoms with Gasteiger partial charge in [0, 0.05) is 69.4 Å². The van der Waals surface area contributed by atoms with Gasteiger partial charge in [-0.3, -0.25) is 19.1 Å². The van der Waals surface area contributed by atoms with Crippen LogP contribution in [0.1, 0.15) is 29.6 Å². The number of carbonyl (C=O) groups is 1. The van der Waals surface area contributed by atoms with Crippen molar-refractivity contribution in [3.8, 4) is 0 Å². The van der Waals surface area contributed by atoms with Crippen molar-refractivity contribution in [3.05, 3.63) is 70.1 Å². The zero-order valence-electron chi connectivity index (χ0n) is 16.7. The van der Waals surface area contributed by atoms with E-state index in [1.807, 2.05) is 23.1 Å². The number of hydrogen-bond donors (Lipinski definition) is 1. The maximum Gasteiger partial charge on any atom is 0.251 e. The Kier molecular flexibility index (Phi) is 4.97. The number of pyridine rings is 1. The molecule has 1 aromatic carbocycles. The first-order valence-corrected chi connectivity index (χ1v) is 10.7. The molecule has 1 aromatic heterocycles. The summed E-state index contributed by atoms with van der Waals surface area (Å²) in [7, 11) is 0. The number of piperidine rings is 1. The standard InChI is InChI=1S/C23H28N4O2/c28-21-8-4-7-20-18-13-19(15-24-14-18)22(27(20)21)23(29)26-11-9-25(10-12-26)16-17-5-2-1-3-6-17/h1-8,18-19,22,24H,9-16H2/t18-,19+,22-/m1/s1. The van der Waals surface area contributed by atoms with E-state index < -0.39 is 0 Å². The zero-order chi connectivity index (χ0) is 19.8. The molecule has 3 aliphatic rings. The monoisotopic (exact) mass is 392 g/mol. The number of nitrogens with zero attached hydrogens (tertiary/aromatic N) is 3. The van der Waals surface area contributed by atoms with Crippen molar-refractivity contribution in [1.29, 1.82) is 0 Å². The first kappa shape index (κ1) is 18.6. The van der Waals surface area contributed by atoms with Crippen molar-refractivity contribution >= 4 is 5.91 Å². The Bertz CT molecular complexity index is 933. The molecule has 1 N–H and O–H groups in total. The molecule has 2 saturated heterocycles. The maximum atomic E-state index is 13.6. The number of nitrogens with one attached hydrogen (secondary N) is 1. The average molecular weight is 393 g/mol. The van der Waals surface area contributed by atoms with Gasteiger partial charge in [0.1, 0.15) is 6.04 Å². The highest BCUT2D eigenvalue weighted by Crippen LogP contribution is 2.39. The second-order valence-electron chi connectivity index (χ2n) is 8.54. The van der Waals surface area contributed by atoms with Crippen molar-refractivity contribution in [2.24, 2.45) is 5.92 Å². The van der Waals surface area contributed by atoms with Crippen molar-refractivity contribution in [1.82, 2.24) is 19.7 Å². The number of piperazine rings is 1. The van der Waals surface area contributed by atoms with Crippen molar-refractivity contribution in [3.63, 3.8) is 0 Å². The van der Waals surface area contributed by atoms with Crippen molar-refractivity contribution in [2.75, 3.05) is 39.3 Å². The molecule has 152 valence electrons. The maximum absolute atomic E-state index is 13.6. The molecular formula is C23H28N4O2. The number of aromatic nitrogens is 1. The Hall–Kier alpha value is -2.44. The van der Waals surface area contributed by atoms with Gasteiger partial charge in [-0.05, 0) is 18.1 Å². The number of carbonyl (C=O) groups excluding carboxylic acids is 1. The van der Waals surface area contributed by atoms with Gasteiger partial charge in [-0.1, -0.05) is 36.4 Å². The van der Waals surface area contributed by atoms with Crippen molar-refractivity contribution < 1.29 is 4.79 Å². The lowest BCUT2D eigenvalue weighted by Crippen LogP contribution is -2.56. The van der Waals surface area contributed by atoms with E-state index in [1.165, 1.54) is 5.56 Å². The van der Waals surface area contributed by atoms with E-state index in [4.69, 9.17) is 0 Å². The van der Waals surface area contributed by atoms with Crippen LogP contribution in [-0.4, -0.2) is 59.5 Å². The number of fused-ring (bicyclic) bond motifs is 4. The van der Waals surface area contributed by atoms with Crippen LogP contribution in [-0.2, 0) is 11.3 Å². The molecule has 0 aliphatic carbocycles. The first-order chi connectivity index (χ1) is 14.2. The fourth-order valence-corrected chi connectivity index (χ4v) is 5.27. The van der Waals surface area contributed by atoms with Crippen LogP contribution < -0.4 is 10.9 Å². The predicted molar refractivity (Wildman–Crippen MR) is 112 cm³/mol. The van der Waals surface area contributed by atoms with E-state index in [2.05, 4.69) is 34.5 Å².